The second-order valence-electron chi connectivity index (χ2n) is 8.17. The topological polar surface area (TPSA) is 62.6 Å². The first-order chi connectivity index (χ1) is 13.6. The lowest BCUT2D eigenvalue weighted by Gasteiger charge is -2.33. The van der Waals surface area contributed by atoms with Crippen LogP contribution >= 0.6 is 0 Å². The van der Waals surface area contributed by atoms with E-state index in [9.17, 15) is 13.2 Å². The van der Waals surface area contributed by atoms with E-state index < -0.39 is 10.0 Å². The van der Waals surface area contributed by atoms with Gasteiger partial charge < -0.3 is 4.57 Å². The van der Waals surface area contributed by atoms with E-state index in [0.29, 0.717) is 43.7 Å². The van der Waals surface area contributed by atoms with Crippen LogP contribution < -0.4 is 0 Å². The van der Waals surface area contributed by atoms with Crippen molar-refractivity contribution < 1.29 is 13.2 Å². The summed E-state index contributed by atoms with van der Waals surface area (Å²) in [6.45, 7) is 12.4. The number of carbonyl (C=O) groups excluding carboxylic acids is 1. The Balaban J connectivity index is 1.63. The molecule has 0 saturated carbocycles. The van der Waals surface area contributed by atoms with Crippen LogP contribution in [0, 0.1) is 20.8 Å². The molecule has 0 N–H and O–H groups in total. The molecule has 1 aromatic heterocycles. The van der Waals surface area contributed by atoms with Crippen molar-refractivity contribution in [2.45, 2.75) is 45.6 Å². The molecule has 3 rings (SSSR count). The highest BCUT2D eigenvalue weighted by molar-refractivity contribution is 7.89. The number of carbonyl (C=O) groups is 1. The molecule has 2 heterocycles. The minimum absolute atomic E-state index is 0.0971. The van der Waals surface area contributed by atoms with Crippen LogP contribution in [0.2, 0.25) is 0 Å². The predicted molar refractivity (Wildman–Crippen MR) is 115 cm³/mol. The maximum atomic E-state index is 12.9. The first-order valence-corrected chi connectivity index (χ1v) is 11.6. The van der Waals surface area contributed by atoms with Crippen LogP contribution in [0.1, 0.15) is 47.2 Å². The summed E-state index contributed by atoms with van der Waals surface area (Å²) in [4.78, 5) is 15.2. The fraction of sp³-hybridized carbons (Fsp3) is 0.500. The number of ketones is 1. The first-order valence-electron chi connectivity index (χ1n) is 10.1. The molecule has 0 aliphatic carbocycles. The molecule has 29 heavy (non-hydrogen) atoms. The molecule has 0 radical (unpaired) electrons. The molecule has 7 heteroatoms. The van der Waals surface area contributed by atoms with Gasteiger partial charge in [-0.25, -0.2) is 8.42 Å². The SMILES string of the molecule is Cc1ccc(S(=O)(=O)N2CCN(CC(=O)c3cc(C)n(C(C)C)c3C)CC2)cc1. The molecule has 0 bridgehead atoms. The van der Waals surface area contributed by atoms with Crippen LogP contribution in [0.5, 0.6) is 0 Å². The quantitative estimate of drug-likeness (QED) is 0.677. The zero-order chi connectivity index (χ0) is 21.3. The Bertz CT molecular complexity index is 983. The van der Waals surface area contributed by atoms with E-state index in [1.54, 1.807) is 12.1 Å². The molecule has 0 amide bonds. The highest BCUT2D eigenvalue weighted by Gasteiger charge is 2.29. The number of benzene rings is 1. The van der Waals surface area contributed by atoms with E-state index in [1.807, 2.05) is 43.9 Å². The average molecular weight is 418 g/mol. The third-order valence-corrected chi connectivity index (χ3v) is 7.57. The van der Waals surface area contributed by atoms with Crippen LogP contribution in [-0.4, -0.2) is 60.7 Å². The van der Waals surface area contributed by atoms with Crippen molar-refractivity contribution in [3.8, 4) is 0 Å². The fourth-order valence-corrected chi connectivity index (χ4v) is 5.55. The summed E-state index contributed by atoms with van der Waals surface area (Å²) < 4.78 is 29.4. The van der Waals surface area contributed by atoms with Gasteiger partial charge >= 0.3 is 0 Å². The van der Waals surface area contributed by atoms with E-state index in [2.05, 4.69) is 18.4 Å². The maximum absolute atomic E-state index is 12.9. The molecule has 1 aliphatic heterocycles. The second kappa shape index (κ2) is 8.42. The lowest BCUT2D eigenvalue weighted by atomic mass is 10.1. The third-order valence-electron chi connectivity index (χ3n) is 5.66. The maximum Gasteiger partial charge on any atom is 0.243 e. The Morgan fingerprint density at radius 2 is 1.59 bits per heavy atom. The Morgan fingerprint density at radius 3 is 2.10 bits per heavy atom. The van der Waals surface area contributed by atoms with Gasteiger partial charge in [0.25, 0.3) is 0 Å². The van der Waals surface area contributed by atoms with Crippen molar-refractivity contribution in [2.24, 2.45) is 0 Å². The van der Waals surface area contributed by atoms with Gasteiger partial charge in [0.2, 0.25) is 10.0 Å². The molecule has 1 fully saturated rings. The van der Waals surface area contributed by atoms with Crippen molar-refractivity contribution in [2.75, 3.05) is 32.7 Å². The van der Waals surface area contributed by atoms with Gasteiger partial charge in [-0.3, -0.25) is 9.69 Å². The number of nitrogens with zero attached hydrogens (tertiary/aromatic N) is 3. The van der Waals surface area contributed by atoms with E-state index >= 15 is 0 Å². The number of hydrogen-bond acceptors (Lipinski definition) is 4. The summed E-state index contributed by atoms with van der Waals surface area (Å²) in [7, 11) is -3.48. The molecule has 1 aromatic carbocycles. The van der Waals surface area contributed by atoms with E-state index in [1.165, 1.54) is 4.31 Å². The average Bonchev–Trinajstić information content (AvgIpc) is 2.97. The highest BCUT2D eigenvalue weighted by atomic mass is 32.2. The van der Waals surface area contributed by atoms with Gasteiger partial charge in [-0.1, -0.05) is 17.7 Å². The number of rotatable bonds is 6. The van der Waals surface area contributed by atoms with Gasteiger partial charge in [0.05, 0.1) is 11.4 Å². The van der Waals surface area contributed by atoms with Crippen LogP contribution in [0.3, 0.4) is 0 Å². The number of aryl methyl sites for hydroxylation is 2. The normalized spacial score (nSPS) is 16.5. The zero-order valence-corrected chi connectivity index (χ0v) is 18.8. The van der Waals surface area contributed by atoms with Crippen molar-refractivity contribution in [3.05, 3.63) is 52.8 Å². The Hall–Kier alpha value is -1.96. The van der Waals surface area contributed by atoms with Crippen LogP contribution in [0.15, 0.2) is 35.2 Å². The fourth-order valence-electron chi connectivity index (χ4n) is 4.13. The molecule has 0 unspecified atom stereocenters. The van der Waals surface area contributed by atoms with Crippen molar-refractivity contribution >= 4 is 15.8 Å². The standard InChI is InChI=1S/C22H31N3O3S/c1-16(2)25-18(4)14-21(19(25)5)22(26)15-23-10-12-24(13-11-23)29(27,28)20-8-6-17(3)7-9-20/h6-9,14,16H,10-13,15H2,1-5H3. The van der Waals surface area contributed by atoms with Crippen LogP contribution in [0.25, 0.3) is 0 Å². The molecule has 6 nitrogen and oxygen atoms in total. The number of Topliss-reactive ketones (excluding diaryl/α,β-unsaturated/α-hetero) is 1. The van der Waals surface area contributed by atoms with Crippen molar-refractivity contribution in [1.82, 2.24) is 13.8 Å². The molecule has 0 atom stereocenters. The van der Waals surface area contributed by atoms with E-state index in [4.69, 9.17) is 0 Å². The predicted octanol–water partition coefficient (Wildman–Crippen LogP) is 3.18. The molecule has 1 saturated heterocycles. The summed E-state index contributed by atoms with van der Waals surface area (Å²) in [5.41, 5.74) is 3.90. The van der Waals surface area contributed by atoms with Crippen molar-refractivity contribution in [3.63, 3.8) is 0 Å². The summed E-state index contributed by atoms with van der Waals surface area (Å²) in [5.74, 6) is 0.0971. The highest BCUT2D eigenvalue weighted by Crippen LogP contribution is 2.22. The summed E-state index contributed by atoms with van der Waals surface area (Å²) in [6, 6.07) is 9.23. The third kappa shape index (κ3) is 4.47. The van der Waals surface area contributed by atoms with Crippen LogP contribution in [0.4, 0.5) is 0 Å². The minimum atomic E-state index is -3.48. The Labute approximate surface area is 174 Å². The smallest absolute Gasteiger partial charge is 0.243 e. The number of hydrogen-bond donors (Lipinski definition) is 0. The van der Waals surface area contributed by atoms with Gasteiger partial charge in [-0.15, -0.1) is 0 Å². The lowest BCUT2D eigenvalue weighted by molar-refractivity contribution is 0.0901. The monoisotopic (exact) mass is 417 g/mol. The molecular formula is C22H31N3O3S. The van der Waals surface area contributed by atoms with Gasteiger partial charge in [0, 0.05) is 49.2 Å². The van der Waals surface area contributed by atoms with Crippen LogP contribution in [-0.2, 0) is 10.0 Å². The van der Waals surface area contributed by atoms with Gasteiger partial charge in [-0.05, 0) is 52.8 Å². The van der Waals surface area contributed by atoms with Gasteiger partial charge in [0.1, 0.15) is 0 Å². The van der Waals surface area contributed by atoms with Crippen molar-refractivity contribution in [1.29, 1.82) is 0 Å². The summed E-state index contributed by atoms with van der Waals surface area (Å²) in [6.07, 6.45) is 0. The summed E-state index contributed by atoms with van der Waals surface area (Å²) >= 11 is 0. The Morgan fingerprint density at radius 1 is 1.00 bits per heavy atom. The minimum Gasteiger partial charge on any atom is -0.346 e. The number of sulfonamides is 1. The second-order valence-corrected chi connectivity index (χ2v) is 10.1. The van der Waals surface area contributed by atoms with E-state index in [-0.39, 0.29) is 5.78 Å². The lowest BCUT2D eigenvalue weighted by Crippen LogP contribution is -2.49. The largest absolute Gasteiger partial charge is 0.346 e. The first kappa shape index (κ1) is 21.7. The van der Waals surface area contributed by atoms with E-state index in [0.717, 1.165) is 22.5 Å². The molecule has 158 valence electrons. The molecule has 1 aliphatic rings. The Kier molecular flexibility index (Phi) is 6.31. The molecule has 2 aromatic rings. The molecular weight excluding hydrogens is 386 g/mol. The zero-order valence-electron chi connectivity index (χ0n) is 18.0. The van der Waals surface area contributed by atoms with Gasteiger partial charge in [-0.2, -0.15) is 4.31 Å². The number of piperazine rings is 1. The molecule has 0 spiro atoms. The number of aromatic nitrogens is 1. The summed E-state index contributed by atoms with van der Waals surface area (Å²) in [5, 5.41) is 0. The van der Waals surface area contributed by atoms with Gasteiger partial charge in [0.15, 0.2) is 5.78 Å².